The first-order chi connectivity index (χ1) is 14.5. The zero-order valence-corrected chi connectivity index (χ0v) is 19.9. The number of carbonyl (C=O) groups excluding carboxylic acids is 1. The largest absolute Gasteiger partial charge is 0.384 e. The summed E-state index contributed by atoms with van der Waals surface area (Å²) in [5, 5.41) is 9.73. The van der Waals surface area contributed by atoms with Crippen molar-refractivity contribution >= 4 is 5.91 Å². The average Bonchev–Trinajstić information content (AvgIpc) is 3.22. The van der Waals surface area contributed by atoms with E-state index in [-0.39, 0.29) is 12.0 Å². The Morgan fingerprint density at radius 2 is 1.65 bits per heavy atom. The van der Waals surface area contributed by atoms with Crippen molar-refractivity contribution in [2.75, 3.05) is 20.2 Å². The fourth-order valence-corrected chi connectivity index (χ4v) is 3.27. The topological polar surface area (TPSA) is 75.6 Å². The SMILES string of the molecule is CC(C)c1cccc(C(C)(C)O)n1.COC1CCN(C(=O)c2cccc(C(C)C)n2)C1. The summed E-state index contributed by atoms with van der Waals surface area (Å²) in [5.41, 5.74) is 2.42. The summed E-state index contributed by atoms with van der Waals surface area (Å²) >= 11 is 0. The molecule has 6 heteroatoms. The van der Waals surface area contributed by atoms with Crippen LogP contribution >= 0.6 is 0 Å². The Bertz CT molecular complexity index is 859. The van der Waals surface area contributed by atoms with Gasteiger partial charge in [-0.25, -0.2) is 4.98 Å². The Kier molecular flexibility index (Phi) is 8.71. The van der Waals surface area contributed by atoms with Crippen molar-refractivity contribution in [1.29, 1.82) is 0 Å². The lowest BCUT2D eigenvalue weighted by molar-refractivity contribution is 0.0717. The highest BCUT2D eigenvalue weighted by Crippen LogP contribution is 2.20. The normalized spacial score (nSPS) is 16.5. The van der Waals surface area contributed by atoms with Crippen LogP contribution in [0, 0.1) is 0 Å². The van der Waals surface area contributed by atoms with Gasteiger partial charge in [0.25, 0.3) is 5.91 Å². The van der Waals surface area contributed by atoms with Gasteiger partial charge in [0.1, 0.15) is 11.3 Å². The van der Waals surface area contributed by atoms with E-state index in [1.807, 2.05) is 35.2 Å². The molecule has 3 heterocycles. The Balaban J connectivity index is 0.000000233. The number of aliphatic hydroxyl groups is 1. The number of amides is 1. The molecule has 0 radical (unpaired) electrons. The summed E-state index contributed by atoms with van der Waals surface area (Å²) in [6, 6.07) is 11.4. The highest BCUT2D eigenvalue weighted by atomic mass is 16.5. The number of aromatic nitrogens is 2. The second-order valence-corrected chi connectivity index (χ2v) is 9.16. The molecule has 0 aliphatic carbocycles. The molecule has 3 rings (SSSR count). The maximum absolute atomic E-state index is 12.3. The lowest BCUT2D eigenvalue weighted by Gasteiger charge is -2.17. The van der Waals surface area contributed by atoms with Crippen molar-refractivity contribution in [3.05, 3.63) is 59.2 Å². The average molecular weight is 428 g/mol. The maximum atomic E-state index is 12.3. The smallest absolute Gasteiger partial charge is 0.272 e. The number of pyridine rings is 2. The van der Waals surface area contributed by atoms with Gasteiger partial charge in [-0.3, -0.25) is 9.78 Å². The first kappa shape index (κ1) is 25.0. The van der Waals surface area contributed by atoms with E-state index >= 15 is 0 Å². The van der Waals surface area contributed by atoms with Gasteiger partial charge in [-0.15, -0.1) is 0 Å². The number of hydrogen-bond donors (Lipinski definition) is 1. The predicted octanol–water partition coefficient (Wildman–Crippen LogP) is 4.50. The number of ether oxygens (including phenoxy) is 1. The van der Waals surface area contributed by atoms with Gasteiger partial charge in [-0.05, 0) is 56.4 Å². The third-order valence-corrected chi connectivity index (χ3v) is 5.34. The highest BCUT2D eigenvalue weighted by molar-refractivity contribution is 5.92. The highest BCUT2D eigenvalue weighted by Gasteiger charge is 2.27. The molecule has 0 saturated carbocycles. The number of likely N-dealkylation sites (tertiary alicyclic amines) is 1. The molecule has 31 heavy (non-hydrogen) atoms. The summed E-state index contributed by atoms with van der Waals surface area (Å²) in [6.45, 7) is 13.3. The van der Waals surface area contributed by atoms with Gasteiger partial charge in [0.2, 0.25) is 0 Å². The summed E-state index contributed by atoms with van der Waals surface area (Å²) in [7, 11) is 1.69. The van der Waals surface area contributed by atoms with Crippen LogP contribution in [0.5, 0.6) is 0 Å². The van der Waals surface area contributed by atoms with Crippen molar-refractivity contribution in [3.8, 4) is 0 Å². The Morgan fingerprint density at radius 1 is 1.06 bits per heavy atom. The molecule has 1 saturated heterocycles. The summed E-state index contributed by atoms with van der Waals surface area (Å²) in [5.74, 6) is 0.752. The first-order valence-corrected chi connectivity index (χ1v) is 11.0. The molecule has 1 aliphatic rings. The Morgan fingerprint density at radius 3 is 2.16 bits per heavy atom. The van der Waals surface area contributed by atoms with Crippen LogP contribution in [0.3, 0.4) is 0 Å². The molecular weight excluding hydrogens is 390 g/mol. The molecular formula is C25H37N3O3. The van der Waals surface area contributed by atoms with Crippen molar-refractivity contribution < 1.29 is 14.6 Å². The van der Waals surface area contributed by atoms with Gasteiger partial charge in [0.15, 0.2) is 0 Å². The molecule has 0 aromatic carbocycles. The van der Waals surface area contributed by atoms with Gasteiger partial charge >= 0.3 is 0 Å². The minimum atomic E-state index is -0.842. The van der Waals surface area contributed by atoms with Gasteiger partial charge in [-0.2, -0.15) is 0 Å². The molecule has 2 aromatic heterocycles. The quantitative estimate of drug-likeness (QED) is 0.760. The van der Waals surface area contributed by atoms with Crippen LogP contribution in [-0.2, 0) is 10.3 Å². The monoisotopic (exact) mass is 427 g/mol. The zero-order chi connectivity index (χ0) is 23.2. The van der Waals surface area contributed by atoms with Crippen LogP contribution in [0.15, 0.2) is 36.4 Å². The van der Waals surface area contributed by atoms with E-state index in [1.54, 1.807) is 27.0 Å². The lowest BCUT2D eigenvalue weighted by Crippen LogP contribution is -2.30. The van der Waals surface area contributed by atoms with E-state index in [9.17, 15) is 9.90 Å². The predicted molar refractivity (Wildman–Crippen MR) is 123 cm³/mol. The third kappa shape index (κ3) is 7.11. The van der Waals surface area contributed by atoms with Crippen molar-refractivity contribution in [3.63, 3.8) is 0 Å². The minimum Gasteiger partial charge on any atom is -0.384 e. The minimum absolute atomic E-state index is 0.0112. The standard InChI is InChI=1S/C14H20N2O2.C11H17NO/c1-10(2)12-5-4-6-13(15-12)14(17)16-8-7-11(9-16)18-3;1-8(2)9-6-5-7-10(12-9)11(3,4)13/h4-6,10-11H,7-9H2,1-3H3;5-8,13H,1-4H3. The number of hydrogen-bond acceptors (Lipinski definition) is 5. The van der Waals surface area contributed by atoms with Crippen LogP contribution < -0.4 is 0 Å². The van der Waals surface area contributed by atoms with E-state index in [2.05, 4.69) is 37.7 Å². The van der Waals surface area contributed by atoms with Crippen LogP contribution in [0.2, 0.25) is 0 Å². The van der Waals surface area contributed by atoms with Gasteiger partial charge in [0.05, 0.1) is 11.8 Å². The molecule has 2 aromatic rings. The van der Waals surface area contributed by atoms with E-state index in [0.29, 0.717) is 24.1 Å². The number of carbonyl (C=O) groups is 1. The fraction of sp³-hybridized carbons (Fsp3) is 0.560. The van der Waals surface area contributed by atoms with Gasteiger partial charge < -0.3 is 14.7 Å². The summed E-state index contributed by atoms with van der Waals surface area (Å²) < 4.78 is 5.28. The number of nitrogens with zero attached hydrogens (tertiary/aromatic N) is 3. The van der Waals surface area contributed by atoms with E-state index < -0.39 is 5.60 Å². The maximum Gasteiger partial charge on any atom is 0.272 e. The molecule has 1 aliphatic heterocycles. The second kappa shape index (κ2) is 10.8. The van der Waals surface area contributed by atoms with E-state index in [1.165, 1.54) is 0 Å². The fourth-order valence-electron chi connectivity index (χ4n) is 3.27. The number of methoxy groups -OCH3 is 1. The second-order valence-electron chi connectivity index (χ2n) is 9.16. The molecule has 1 amide bonds. The molecule has 0 spiro atoms. The summed E-state index contributed by atoms with van der Waals surface area (Å²) in [6.07, 6.45) is 1.08. The molecule has 1 fully saturated rings. The molecule has 0 bridgehead atoms. The zero-order valence-electron chi connectivity index (χ0n) is 19.9. The lowest BCUT2D eigenvalue weighted by atomic mass is 10.0. The Labute approximate surface area is 186 Å². The van der Waals surface area contributed by atoms with E-state index in [4.69, 9.17) is 4.74 Å². The van der Waals surface area contributed by atoms with Gasteiger partial charge in [-0.1, -0.05) is 39.8 Å². The van der Waals surface area contributed by atoms with E-state index in [0.717, 1.165) is 30.0 Å². The summed E-state index contributed by atoms with van der Waals surface area (Å²) in [4.78, 5) is 22.9. The molecule has 170 valence electrons. The van der Waals surface area contributed by atoms with Crippen LogP contribution in [0.25, 0.3) is 0 Å². The van der Waals surface area contributed by atoms with Crippen LogP contribution in [0.4, 0.5) is 0 Å². The first-order valence-electron chi connectivity index (χ1n) is 11.0. The van der Waals surface area contributed by atoms with Gasteiger partial charge in [0, 0.05) is 31.6 Å². The van der Waals surface area contributed by atoms with Crippen LogP contribution in [0.1, 0.15) is 87.4 Å². The molecule has 1 unspecified atom stereocenters. The van der Waals surface area contributed by atoms with Crippen LogP contribution in [-0.4, -0.2) is 52.2 Å². The van der Waals surface area contributed by atoms with Crippen molar-refractivity contribution in [2.24, 2.45) is 0 Å². The molecule has 6 nitrogen and oxygen atoms in total. The number of rotatable bonds is 5. The Hall–Kier alpha value is -2.31. The third-order valence-electron chi connectivity index (χ3n) is 5.34. The van der Waals surface area contributed by atoms with Crippen molar-refractivity contribution in [1.82, 2.24) is 14.9 Å². The molecule has 1 N–H and O–H groups in total. The van der Waals surface area contributed by atoms with Crippen molar-refractivity contribution in [2.45, 2.75) is 71.5 Å². The molecule has 1 atom stereocenters.